The van der Waals surface area contributed by atoms with Gasteiger partial charge in [-0.3, -0.25) is 10.1 Å². The molecule has 0 bridgehead atoms. The van der Waals surface area contributed by atoms with Gasteiger partial charge in [-0.2, -0.15) is 13.5 Å². The number of hydrazone groups is 1. The van der Waals surface area contributed by atoms with E-state index in [2.05, 4.69) is 5.10 Å². The van der Waals surface area contributed by atoms with Crippen LogP contribution in [0.25, 0.3) is 0 Å². The summed E-state index contributed by atoms with van der Waals surface area (Å²) in [6.45, 7) is 0. The van der Waals surface area contributed by atoms with Crippen molar-refractivity contribution in [1.82, 2.24) is 4.83 Å². The third kappa shape index (κ3) is 4.03. The highest BCUT2D eigenvalue weighted by Gasteiger charge is 2.14. The Hall–Kier alpha value is -2.45. The number of nitro groups is 1. The van der Waals surface area contributed by atoms with Gasteiger partial charge >= 0.3 is 0 Å². The summed E-state index contributed by atoms with van der Waals surface area (Å²) < 4.78 is 23.9. The standard InChI is InChI=1S/C13H10ClN3O4S/c14-11-3-1-10(2-4-11)9-15-16-22(20,21)13-7-5-12(6-8-13)17(18)19/h1-9,16H/b15-9-. The van der Waals surface area contributed by atoms with Crippen molar-refractivity contribution in [3.05, 3.63) is 69.2 Å². The van der Waals surface area contributed by atoms with Gasteiger partial charge in [0.15, 0.2) is 0 Å². The van der Waals surface area contributed by atoms with Crippen molar-refractivity contribution in [3.63, 3.8) is 0 Å². The largest absolute Gasteiger partial charge is 0.276 e. The van der Waals surface area contributed by atoms with Gasteiger partial charge in [-0.1, -0.05) is 23.7 Å². The van der Waals surface area contributed by atoms with Crippen LogP contribution in [-0.4, -0.2) is 19.6 Å². The molecule has 2 rings (SSSR count). The molecule has 0 heterocycles. The van der Waals surface area contributed by atoms with Crippen LogP contribution in [0.1, 0.15) is 5.56 Å². The van der Waals surface area contributed by atoms with Crippen LogP contribution in [0, 0.1) is 10.1 Å². The fraction of sp³-hybridized carbons (Fsp3) is 0. The quantitative estimate of drug-likeness (QED) is 0.513. The number of hydrogen-bond donors (Lipinski definition) is 1. The minimum absolute atomic E-state index is 0.119. The summed E-state index contributed by atoms with van der Waals surface area (Å²) in [5.74, 6) is 0. The zero-order valence-electron chi connectivity index (χ0n) is 11.0. The van der Waals surface area contributed by atoms with Gasteiger partial charge in [0.1, 0.15) is 0 Å². The normalized spacial score (nSPS) is 11.5. The third-order valence-corrected chi connectivity index (χ3v) is 4.10. The minimum atomic E-state index is -3.88. The minimum Gasteiger partial charge on any atom is -0.258 e. The van der Waals surface area contributed by atoms with Gasteiger partial charge in [0.05, 0.1) is 16.0 Å². The number of non-ortho nitro benzene ring substituents is 1. The van der Waals surface area contributed by atoms with Gasteiger partial charge in [-0.15, -0.1) is 0 Å². The van der Waals surface area contributed by atoms with Crippen LogP contribution in [0.5, 0.6) is 0 Å². The van der Waals surface area contributed by atoms with Gasteiger partial charge in [0.2, 0.25) is 0 Å². The molecular weight excluding hydrogens is 330 g/mol. The molecule has 0 amide bonds. The highest BCUT2D eigenvalue weighted by molar-refractivity contribution is 7.89. The Bertz CT molecular complexity index is 802. The second-order valence-electron chi connectivity index (χ2n) is 4.16. The molecule has 0 aliphatic rings. The first-order chi connectivity index (χ1) is 10.4. The number of hydrogen-bond acceptors (Lipinski definition) is 5. The van der Waals surface area contributed by atoms with Crippen LogP contribution in [0.2, 0.25) is 5.02 Å². The molecule has 1 N–H and O–H groups in total. The molecule has 0 saturated heterocycles. The average molecular weight is 340 g/mol. The maximum Gasteiger partial charge on any atom is 0.276 e. The first kappa shape index (κ1) is 15.9. The van der Waals surface area contributed by atoms with Crippen molar-refractivity contribution in [3.8, 4) is 0 Å². The maximum atomic E-state index is 11.9. The Kier molecular flexibility index (Phi) is 4.74. The predicted molar refractivity (Wildman–Crippen MR) is 82.5 cm³/mol. The van der Waals surface area contributed by atoms with Crippen molar-refractivity contribution < 1.29 is 13.3 Å². The Morgan fingerprint density at radius 2 is 1.68 bits per heavy atom. The van der Waals surface area contributed by atoms with E-state index >= 15 is 0 Å². The van der Waals surface area contributed by atoms with Crippen LogP contribution < -0.4 is 4.83 Å². The first-order valence-corrected chi connectivity index (χ1v) is 7.79. The second kappa shape index (κ2) is 6.54. The van der Waals surface area contributed by atoms with E-state index in [4.69, 9.17) is 11.6 Å². The molecule has 22 heavy (non-hydrogen) atoms. The van der Waals surface area contributed by atoms with Crippen LogP contribution in [0.3, 0.4) is 0 Å². The Morgan fingerprint density at radius 1 is 1.09 bits per heavy atom. The van der Waals surface area contributed by atoms with Crippen molar-refractivity contribution in [2.45, 2.75) is 4.90 Å². The fourth-order valence-electron chi connectivity index (χ4n) is 1.52. The third-order valence-electron chi connectivity index (χ3n) is 2.61. The molecule has 114 valence electrons. The highest BCUT2D eigenvalue weighted by atomic mass is 35.5. The lowest BCUT2D eigenvalue weighted by Crippen LogP contribution is -2.18. The zero-order chi connectivity index (χ0) is 16.2. The molecule has 0 aliphatic heterocycles. The van der Waals surface area contributed by atoms with E-state index in [9.17, 15) is 18.5 Å². The summed E-state index contributed by atoms with van der Waals surface area (Å²) in [6, 6.07) is 11.1. The Morgan fingerprint density at radius 3 is 2.23 bits per heavy atom. The summed E-state index contributed by atoms with van der Waals surface area (Å²) in [6.07, 6.45) is 1.32. The van der Waals surface area contributed by atoms with Crippen LogP contribution in [0.4, 0.5) is 5.69 Å². The van der Waals surface area contributed by atoms with Gasteiger partial charge in [0, 0.05) is 17.2 Å². The van der Waals surface area contributed by atoms with E-state index in [0.717, 1.165) is 24.3 Å². The Balaban J connectivity index is 2.10. The molecule has 0 unspecified atom stereocenters. The maximum absolute atomic E-state index is 11.9. The molecular formula is C13H10ClN3O4S. The fourth-order valence-corrected chi connectivity index (χ4v) is 2.44. The number of benzene rings is 2. The van der Waals surface area contributed by atoms with Crippen molar-refractivity contribution in [2.75, 3.05) is 0 Å². The summed E-state index contributed by atoms with van der Waals surface area (Å²) >= 11 is 5.73. The number of nitro benzene ring substituents is 1. The van der Waals surface area contributed by atoms with Crippen molar-refractivity contribution >= 4 is 33.5 Å². The van der Waals surface area contributed by atoms with E-state index in [1.807, 2.05) is 4.83 Å². The molecule has 0 aliphatic carbocycles. The molecule has 0 radical (unpaired) electrons. The lowest BCUT2D eigenvalue weighted by molar-refractivity contribution is -0.384. The lowest BCUT2D eigenvalue weighted by atomic mass is 10.2. The molecule has 0 atom stereocenters. The zero-order valence-corrected chi connectivity index (χ0v) is 12.6. The number of rotatable bonds is 5. The molecule has 9 heteroatoms. The van der Waals surface area contributed by atoms with E-state index in [1.54, 1.807) is 24.3 Å². The topological polar surface area (TPSA) is 102 Å². The van der Waals surface area contributed by atoms with Gasteiger partial charge < -0.3 is 0 Å². The van der Waals surface area contributed by atoms with E-state index < -0.39 is 14.9 Å². The van der Waals surface area contributed by atoms with Gasteiger partial charge in [0.25, 0.3) is 15.7 Å². The van der Waals surface area contributed by atoms with Gasteiger partial charge in [-0.25, -0.2) is 4.83 Å². The monoisotopic (exact) mass is 339 g/mol. The van der Waals surface area contributed by atoms with E-state index in [-0.39, 0.29) is 10.6 Å². The number of sulfonamides is 1. The lowest BCUT2D eigenvalue weighted by Gasteiger charge is -2.02. The van der Waals surface area contributed by atoms with E-state index in [1.165, 1.54) is 6.21 Å². The smallest absolute Gasteiger partial charge is 0.258 e. The second-order valence-corrected chi connectivity index (χ2v) is 6.25. The highest BCUT2D eigenvalue weighted by Crippen LogP contribution is 2.15. The van der Waals surface area contributed by atoms with Crippen molar-refractivity contribution in [1.29, 1.82) is 0 Å². The summed E-state index contributed by atoms with van der Waals surface area (Å²) in [4.78, 5) is 11.8. The molecule has 0 aromatic heterocycles. The van der Waals surface area contributed by atoms with Crippen LogP contribution in [0.15, 0.2) is 58.5 Å². The summed E-state index contributed by atoms with van der Waals surface area (Å²) in [5, 5.41) is 14.7. The number of nitrogens with zero attached hydrogens (tertiary/aromatic N) is 2. The number of nitrogens with one attached hydrogen (secondary N) is 1. The van der Waals surface area contributed by atoms with Crippen molar-refractivity contribution in [2.24, 2.45) is 5.10 Å². The molecule has 2 aromatic carbocycles. The summed E-state index contributed by atoms with van der Waals surface area (Å²) in [5.41, 5.74) is 0.472. The average Bonchev–Trinajstić information content (AvgIpc) is 2.49. The molecule has 2 aromatic rings. The number of halogens is 1. The summed E-state index contributed by atoms with van der Waals surface area (Å²) in [7, 11) is -3.88. The Labute approximate surface area is 131 Å². The molecule has 0 fully saturated rings. The van der Waals surface area contributed by atoms with Gasteiger partial charge in [-0.05, 0) is 29.8 Å². The SMILES string of the molecule is O=[N+]([O-])c1ccc(S(=O)(=O)N/N=C\c2ccc(Cl)cc2)cc1. The van der Waals surface area contributed by atoms with Crippen LogP contribution >= 0.6 is 11.6 Å². The molecule has 7 nitrogen and oxygen atoms in total. The molecule has 0 saturated carbocycles. The molecule has 0 spiro atoms. The van der Waals surface area contributed by atoms with E-state index in [0.29, 0.717) is 10.6 Å². The van der Waals surface area contributed by atoms with Crippen LogP contribution in [-0.2, 0) is 10.0 Å². The predicted octanol–water partition coefficient (Wildman–Crippen LogP) is 2.56. The first-order valence-electron chi connectivity index (χ1n) is 5.93.